The zero-order valence-corrected chi connectivity index (χ0v) is 19.7. The van der Waals surface area contributed by atoms with Gasteiger partial charge in [0.25, 0.3) is 5.82 Å². The summed E-state index contributed by atoms with van der Waals surface area (Å²) >= 11 is 0. The van der Waals surface area contributed by atoms with E-state index in [-0.39, 0.29) is 10.8 Å². The highest BCUT2D eigenvalue weighted by Gasteiger charge is 2.53. The Bertz CT molecular complexity index is 1140. The molecule has 0 amide bonds. The fraction of sp³-hybridized carbons (Fsp3) is 0.414. The second-order valence-corrected chi connectivity index (χ2v) is 10.5. The number of fused-ring (bicyclic) bond motifs is 1. The second-order valence-electron chi connectivity index (χ2n) is 10.5. The van der Waals surface area contributed by atoms with E-state index in [1.54, 1.807) is 0 Å². The van der Waals surface area contributed by atoms with E-state index in [0.29, 0.717) is 5.92 Å². The third-order valence-electron chi connectivity index (χ3n) is 7.52. The lowest BCUT2D eigenvalue weighted by Gasteiger charge is -2.33. The zero-order valence-electron chi connectivity index (χ0n) is 19.7. The van der Waals surface area contributed by atoms with Gasteiger partial charge in [-0.2, -0.15) is 4.57 Å². The number of para-hydroxylation sites is 1. The van der Waals surface area contributed by atoms with Gasteiger partial charge >= 0.3 is 0 Å². The molecule has 0 saturated heterocycles. The quantitative estimate of drug-likeness (QED) is 0.427. The minimum Gasteiger partial charge on any atom is -0.202 e. The van der Waals surface area contributed by atoms with Crippen LogP contribution in [0.3, 0.4) is 0 Å². The van der Waals surface area contributed by atoms with Gasteiger partial charge in [-0.05, 0) is 69.7 Å². The topological polar surface area (TPSA) is 8.81 Å². The predicted octanol–water partition coefficient (Wildman–Crippen LogP) is 6.64. The van der Waals surface area contributed by atoms with Crippen molar-refractivity contribution in [2.24, 2.45) is 5.92 Å². The van der Waals surface area contributed by atoms with Crippen molar-refractivity contribution < 1.29 is 4.57 Å². The van der Waals surface area contributed by atoms with Crippen LogP contribution in [0.15, 0.2) is 60.7 Å². The first kappa shape index (κ1) is 20.3. The molecule has 2 nitrogen and oxygen atoms in total. The molecule has 1 saturated carbocycles. The van der Waals surface area contributed by atoms with E-state index in [0.717, 1.165) is 0 Å². The highest BCUT2D eigenvalue weighted by molar-refractivity contribution is 5.53. The van der Waals surface area contributed by atoms with E-state index in [9.17, 15) is 0 Å². The molecule has 2 heteroatoms. The maximum absolute atomic E-state index is 2.54. The van der Waals surface area contributed by atoms with Crippen LogP contribution in [0.4, 0.5) is 0 Å². The number of rotatable bonds is 3. The van der Waals surface area contributed by atoms with Crippen LogP contribution in [0, 0.1) is 19.8 Å². The first-order chi connectivity index (χ1) is 14.9. The first-order valence-corrected chi connectivity index (χ1v) is 11.8. The van der Waals surface area contributed by atoms with Gasteiger partial charge < -0.3 is 0 Å². The molecule has 31 heavy (non-hydrogen) atoms. The van der Waals surface area contributed by atoms with Gasteiger partial charge in [-0.1, -0.05) is 61.4 Å². The molecular formula is C29H35N2+. The van der Waals surface area contributed by atoms with E-state index < -0.39 is 0 Å². The third kappa shape index (κ3) is 2.95. The summed E-state index contributed by atoms with van der Waals surface area (Å²) < 4.78 is 5.08. The van der Waals surface area contributed by atoms with Crippen molar-refractivity contribution in [3.05, 3.63) is 89.0 Å². The Morgan fingerprint density at radius 1 is 0.903 bits per heavy atom. The molecule has 1 fully saturated rings. The summed E-state index contributed by atoms with van der Waals surface area (Å²) in [5.74, 6) is 2.01. The molecule has 0 spiro atoms. The Morgan fingerprint density at radius 2 is 1.55 bits per heavy atom. The maximum atomic E-state index is 2.54. The van der Waals surface area contributed by atoms with Crippen LogP contribution in [0.25, 0.3) is 11.9 Å². The van der Waals surface area contributed by atoms with Crippen LogP contribution in [0.2, 0.25) is 0 Å². The molecule has 1 atom stereocenters. The molecule has 1 aromatic heterocycles. The molecule has 2 aliphatic rings. The van der Waals surface area contributed by atoms with Gasteiger partial charge in [0.1, 0.15) is 5.69 Å². The minimum absolute atomic E-state index is 0.0120. The minimum atomic E-state index is -0.0459. The normalized spacial score (nSPS) is 21.1. The van der Waals surface area contributed by atoms with E-state index in [2.05, 4.69) is 111 Å². The highest BCUT2D eigenvalue weighted by Crippen LogP contribution is 2.50. The lowest BCUT2D eigenvalue weighted by molar-refractivity contribution is -0.587. The summed E-state index contributed by atoms with van der Waals surface area (Å²) in [6.45, 7) is 11.6. The van der Waals surface area contributed by atoms with Gasteiger partial charge in [0.2, 0.25) is 0 Å². The van der Waals surface area contributed by atoms with Gasteiger partial charge in [-0.3, -0.25) is 0 Å². The Balaban J connectivity index is 1.86. The number of imidazole rings is 1. The number of aryl methyl sites for hydroxylation is 1. The molecule has 1 aliphatic heterocycles. The molecule has 160 valence electrons. The van der Waals surface area contributed by atoms with Crippen LogP contribution in [-0.2, 0) is 10.8 Å². The summed E-state index contributed by atoms with van der Waals surface area (Å²) in [7, 11) is 0. The summed E-state index contributed by atoms with van der Waals surface area (Å²) in [6.07, 6.45) is 10.2. The Labute approximate surface area is 187 Å². The standard InChI is InChI=1S/C29H35N2/c1-21-13-9-12-18-25(21)31-22(2)26-29(24-16-10-11-17-24,23-14-7-6-8-15-23)19-20-30(26)27(31)28(3,4)5/h6-9,12-15,18-20,24H,10-11,16-17H2,1-5H3/q+1. The molecule has 1 unspecified atom stereocenters. The van der Waals surface area contributed by atoms with E-state index in [1.807, 2.05) is 0 Å². The fourth-order valence-corrected chi connectivity index (χ4v) is 6.27. The zero-order chi connectivity index (χ0) is 21.8. The maximum Gasteiger partial charge on any atom is 0.272 e. The van der Waals surface area contributed by atoms with E-state index in [4.69, 9.17) is 0 Å². The van der Waals surface area contributed by atoms with Crippen molar-refractivity contribution >= 4 is 6.20 Å². The van der Waals surface area contributed by atoms with Gasteiger partial charge in [-0.25, -0.2) is 4.57 Å². The molecular weight excluding hydrogens is 376 g/mol. The van der Waals surface area contributed by atoms with Crippen molar-refractivity contribution in [2.45, 2.75) is 71.1 Å². The lowest BCUT2D eigenvalue weighted by atomic mass is 9.67. The highest BCUT2D eigenvalue weighted by atomic mass is 15.2. The molecule has 0 N–H and O–H groups in total. The van der Waals surface area contributed by atoms with E-state index in [1.165, 1.54) is 59.7 Å². The van der Waals surface area contributed by atoms with E-state index >= 15 is 0 Å². The fourth-order valence-electron chi connectivity index (χ4n) is 6.27. The van der Waals surface area contributed by atoms with Gasteiger partial charge in [0.15, 0.2) is 11.4 Å². The van der Waals surface area contributed by atoms with Crippen LogP contribution in [0.1, 0.15) is 74.8 Å². The molecule has 2 heterocycles. The SMILES string of the molecule is Cc1ccccc1-n1c(C)c2[n+](c1C(C)(C)C)C=CC2(c1ccccc1)C1CCCC1. The predicted molar refractivity (Wildman–Crippen MR) is 129 cm³/mol. The van der Waals surface area contributed by atoms with Crippen LogP contribution < -0.4 is 4.57 Å². The molecule has 1 aliphatic carbocycles. The van der Waals surface area contributed by atoms with Gasteiger partial charge in [-0.15, -0.1) is 0 Å². The average Bonchev–Trinajstić information content (AvgIpc) is 3.46. The number of nitrogens with zero attached hydrogens (tertiary/aromatic N) is 2. The number of aromatic nitrogens is 2. The first-order valence-electron chi connectivity index (χ1n) is 11.8. The summed E-state index contributed by atoms with van der Waals surface area (Å²) in [5, 5.41) is 0. The van der Waals surface area contributed by atoms with Crippen molar-refractivity contribution in [1.82, 2.24) is 4.57 Å². The second kappa shape index (κ2) is 7.22. The Kier molecular flexibility index (Phi) is 4.73. The monoisotopic (exact) mass is 411 g/mol. The number of hydrogen-bond donors (Lipinski definition) is 0. The smallest absolute Gasteiger partial charge is 0.202 e. The third-order valence-corrected chi connectivity index (χ3v) is 7.52. The molecule has 3 aromatic rings. The van der Waals surface area contributed by atoms with Crippen LogP contribution in [0.5, 0.6) is 0 Å². The number of allylic oxidation sites excluding steroid dienone is 1. The molecule has 0 bridgehead atoms. The number of hydrogen-bond acceptors (Lipinski definition) is 0. The van der Waals surface area contributed by atoms with Crippen LogP contribution in [-0.4, -0.2) is 4.57 Å². The van der Waals surface area contributed by atoms with Crippen molar-refractivity contribution in [3.63, 3.8) is 0 Å². The van der Waals surface area contributed by atoms with Gasteiger partial charge in [0, 0.05) is 6.92 Å². The summed E-state index contributed by atoms with van der Waals surface area (Å²) in [5.41, 5.74) is 6.87. The Morgan fingerprint density at radius 3 is 2.19 bits per heavy atom. The molecule has 5 rings (SSSR count). The summed E-state index contributed by atoms with van der Waals surface area (Å²) in [4.78, 5) is 0. The molecule has 2 aromatic carbocycles. The van der Waals surface area contributed by atoms with Crippen LogP contribution >= 0.6 is 0 Å². The lowest BCUT2D eigenvalue weighted by Crippen LogP contribution is -2.43. The molecule has 0 radical (unpaired) electrons. The van der Waals surface area contributed by atoms with Gasteiger partial charge in [0.05, 0.1) is 17.0 Å². The van der Waals surface area contributed by atoms with Crippen molar-refractivity contribution in [3.8, 4) is 5.69 Å². The van der Waals surface area contributed by atoms with Crippen molar-refractivity contribution in [2.75, 3.05) is 0 Å². The average molecular weight is 412 g/mol. The largest absolute Gasteiger partial charge is 0.272 e. The Hall–Kier alpha value is -2.61. The number of benzene rings is 2. The van der Waals surface area contributed by atoms with Crippen molar-refractivity contribution in [1.29, 1.82) is 0 Å². The summed E-state index contributed by atoms with van der Waals surface area (Å²) in [6, 6.07) is 20.1.